The predicted octanol–water partition coefficient (Wildman–Crippen LogP) is 2.56. The number of hydrogen-bond acceptors (Lipinski definition) is 9. The number of pyridine rings is 1. The second-order valence-corrected chi connectivity index (χ2v) is 9.29. The first-order chi connectivity index (χ1) is 17.9. The molecule has 37 heavy (non-hydrogen) atoms. The highest BCUT2D eigenvalue weighted by Gasteiger charge is 2.47. The van der Waals surface area contributed by atoms with E-state index in [0.717, 1.165) is 5.56 Å². The molecule has 13 heteroatoms. The molecular formula is C24H23Cl2N7O4. The molecule has 192 valence electrons. The molecule has 1 amide bonds. The van der Waals surface area contributed by atoms with Gasteiger partial charge in [0.2, 0.25) is 0 Å². The van der Waals surface area contributed by atoms with Crippen LogP contribution in [0.4, 0.5) is 5.82 Å². The normalized spacial score (nSPS) is 21.3. The fraction of sp³-hybridized carbons (Fsp3) is 0.292. The van der Waals surface area contributed by atoms with Gasteiger partial charge in [-0.1, -0.05) is 35.3 Å². The molecule has 0 saturated carbocycles. The van der Waals surface area contributed by atoms with Gasteiger partial charge in [-0.05, 0) is 30.7 Å². The number of nitrogens with one attached hydrogen (secondary N) is 2. The molecule has 0 radical (unpaired) electrons. The van der Waals surface area contributed by atoms with Crippen LogP contribution >= 0.6 is 23.2 Å². The molecule has 11 nitrogen and oxygen atoms in total. The monoisotopic (exact) mass is 543 g/mol. The van der Waals surface area contributed by atoms with E-state index in [0.29, 0.717) is 51.5 Å². The van der Waals surface area contributed by atoms with E-state index in [9.17, 15) is 15.0 Å². The lowest BCUT2D eigenvalue weighted by atomic mass is 10.1. The summed E-state index contributed by atoms with van der Waals surface area (Å²) in [5, 5.41) is 28.1. The Kier molecular flexibility index (Phi) is 7.22. The molecule has 0 spiro atoms. The number of amides is 1. The van der Waals surface area contributed by atoms with E-state index in [2.05, 4.69) is 30.6 Å². The van der Waals surface area contributed by atoms with Crippen molar-refractivity contribution in [1.82, 2.24) is 29.8 Å². The summed E-state index contributed by atoms with van der Waals surface area (Å²) < 4.78 is 7.25. The number of halogens is 2. The van der Waals surface area contributed by atoms with Crippen LogP contribution < -0.4 is 10.6 Å². The fourth-order valence-corrected chi connectivity index (χ4v) is 4.49. The molecule has 1 aromatic carbocycles. The zero-order chi connectivity index (χ0) is 26.1. The van der Waals surface area contributed by atoms with Crippen molar-refractivity contribution in [2.24, 2.45) is 0 Å². The second kappa shape index (κ2) is 10.6. The number of benzene rings is 1. The number of anilines is 1. The zero-order valence-corrected chi connectivity index (χ0v) is 21.1. The van der Waals surface area contributed by atoms with Crippen molar-refractivity contribution in [3.8, 4) is 11.4 Å². The van der Waals surface area contributed by atoms with E-state index in [1.165, 1.54) is 17.1 Å². The number of aliphatic hydroxyl groups excluding tert-OH is 2. The van der Waals surface area contributed by atoms with Crippen LogP contribution in [0.1, 0.15) is 18.7 Å². The predicted molar refractivity (Wildman–Crippen MR) is 137 cm³/mol. The maximum absolute atomic E-state index is 12.4. The van der Waals surface area contributed by atoms with Crippen LogP contribution in [-0.4, -0.2) is 65.5 Å². The van der Waals surface area contributed by atoms with Gasteiger partial charge in [0.05, 0.1) is 11.3 Å². The van der Waals surface area contributed by atoms with E-state index in [4.69, 9.17) is 27.9 Å². The molecule has 0 aliphatic carbocycles. The Morgan fingerprint density at radius 2 is 1.97 bits per heavy atom. The smallest absolute Gasteiger partial charge is 0.252 e. The Balaban J connectivity index is 1.56. The molecule has 4 heterocycles. The molecule has 0 bridgehead atoms. The minimum Gasteiger partial charge on any atom is -0.387 e. The Morgan fingerprint density at radius 1 is 1.14 bits per heavy atom. The minimum atomic E-state index is -1.44. The van der Waals surface area contributed by atoms with Crippen LogP contribution in [0.2, 0.25) is 10.0 Å². The highest BCUT2D eigenvalue weighted by atomic mass is 35.5. The summed E-state index contributed by atoms with van der Waals surface area (Å²) in [5.74, 6) is 0.184. The summed E-state index contributed by atoms with van der Waals surface area (Å²) >= 11 is 12.3. The zero-order valence-electron chi connectivity index (χ0n) is 19.5. The van der Waals surface area contributed by atoms with Crippen LogP contribution in [0.25, 0.3) is 22.6 Å². The van der Waals surface area contributed by atoms with E-state index >= 15 is 0 Å². The number of aromatic nitrogens is 5. The fourth-order valence-electron chi connectivity index (χ4n) is 4.10. The SMILES string of the molecule is CCNC(=O)[C@H]1O[C@@H](n2cnc3c(NCc4cccc(Cl)c4)nc(-c4cncc(Cl)c4)nc32)[C@H](O)[C@@H]1O. The van der Waals surface area contributed by atoms with Crippen molar-refractivity contribution in [1.29, 1.82) is 0 Å². The molecule has 4 atom stereocenters. The highest BCUT2D eigenvalue weighted by Crippen LogP contribution is 2.34. The number of carbonyl (C=O) groups excluding carboxylic acids is 1. The number of nitrogens with zero attached hydrogens (tertiary/aromatic N) is 5. The van der Waals surface area contributed by atoms with Gasteiger partial charge >= 0.3 is 0 Å². The number of aliphatic hydroxyl groups is 2. The maximum Gasteiger partial charge on any atom is 0.252 e. The van der Waals surface area contributed by atoms with Gasteiger partial charge in [-0.3, -0.25) is 14.3 Å². The molecule has 4 N–H and O–H groups in total. The third-order valence-corrected chi connectivity index (χ3v) is 6.30. The molecule has 1 aliphatic heterocycles. The van der Waals surface area contributed by atoms with Gasteiger partial charge in [-0.2, -0.15) is 0 Å². The van der Waals surface area contributed by atoms with Crippen molar-refractivity contribution in [2.45, 2.75) is 38.0 Å². The topological polar surface area (TPSA) is 147 Å². The molecule has 3 aromatic heterocycles. The van der Waals surface area contributed by atoms with E-state index < -0.39 is 30.4 Å². The summed E-state index contributed by atoms with van der Waals surface area (Å²) in [6.45, 7) is 2.50. The Bertz CT molecular complexity index is 1450. The lowest BCUT2D eigenvalue weighted by Gasteiger charge is -2.17. The molecule has 1 saturated heterocycles. The van der Waals surface area contributed by atoms with Crippen molar-refractivity contribution in [3.63, 3.8) is 0 Å². The number of imidazole rings is 1. The van der Waals surface area contributed by atoms with Gasteiger partial charge in [-0.15, -0.1) is 0 Å². The largest absolute Gasteiger partial charge is 0.387 e. The third-order valence-electron chi connectivity index (χ3n) is 5.86. The van der Waals surface area contributed by atoms with Gasteiger partial charge in [0.25, 0.3) is 5.91 Å². The van der Waals surface area contributed by atoms with E-state index in [1.54, 1.807) is 25.3 Å². The number of rotatable bonds is 7. The molecule has 1 fully saturated rings. The van der Waals surface area contributed by atoms with Crippen LogP contribution in [0, 0.1) is 0 Å². The maximum atomic E-state index is 12.4. The van der Waals surface area contributed by atoms with Gasteiger partial charge in [0.1, 0.15) is 12.2 Å². The van der Waals surface area contributed by atoms with E-state index in [-0.39, 0.29) is 0 Å². The lowest BCUT2D eigenvalue weighted by Crippen LogP contribution is -2.42. The number of ether oxygens (including phenoxy) is 1. The summed E-state index contributed by atoms with van der Waals surface area (Å²) in [6, 6.07) is 9.06. The Hall–Kier alpha value is -3.35. The van der Waals surface area contributed by atoms with Crippen molar-refractivity contribution >= 4 is 46.1 Å². The van der Waals surface area contributed by atoms with E-state index in [1.807, 2.05) is 18.2 Å². The highest BCUT2D eigenvalue weighted by molar-refractivity contribution is 6.31. The number of likely N-dealkylation sites (N-methyl/N-ethyl adjacent to an activating group) is 1. The summed E-state index contributed by atoms with van der Waals surface area (Å²) in [7, 11) is 0. The summed E-state index contributed by atoms with van der Waals surface area (Å²) in [6.07, 6.45) is -0.719. The quantitative estimate of drug-likeness (QED) is 0.276. The van der Waals surface area contributed by atoms with Crippen LogP contribution in [0.3, 0.4) is 0 Å². The Morgan fingerprint density at radius 3 is 2.73 bits per heavy atom. The average Bonchev–Trinajstić information content (AvgIpc) is 3.43. The number of fused-ring (bicyclic) bond motifs is 1. The standard InChI is InChI=1S/C24H23Cl2N7O4/c1-2-28-23(36)19-17(34)18(35)24(37-19)33-11-30-16-21(29-8-12-4-3-5-14(25)6-12)31-20(32-22(16)33)13-7-15(26)10-27-9-13/h3-7,9-11,17-19,24,34-35H,2,8H2,1H3,(H,28,36)(H,29,31,32)/t17-,18+,19-,24+/m0/s1. The molecule has 0 unspecified atom stereocenters. The Labute approximate surface area is 221 Å². The first kappa shape index (κ1) is 25.3. The average molecular weight is 544 g/mol. The second-order valence-electron chi connectivity index (χ2n) is 8.42. The summed E-state index contributed by atoms with van der Waals surface area (Å²) in [4.78, 5) is 30.2. The molecule has 4 aromatic rings. The van der Waals surface area contributed by atoms with Gasteiger partial charge in [0, 0.05) is 36.1 Å². The first-order valence-electron chi connectivity index (χ1n) is 11.5. The van der Waals surface area contributed by atoms with Crippen molar-refractivity contribution in [2.75, 3.05) is 11.9 Å². The van der Waals surface area contributed by atoms with Gasteiger partial charge < -0.3 is 25.6 Å². The van der Waals surface area contributed by atoms with Crippen LogP contribution in [-0.2, 0) is 16.1 Å². The minimum absolute atomic E-state index is 0.297. The first-order valence-corrected chi connectivity index (χ1v) is 12.2. The lowest BCUT2D eigenvalue weighted by molar-refractivity contribution is -0.137. The van der Waals surface area contributed by atoms with Gasteiger partial charge in [0.15, 0.2) is 35.1 Å². The summed E-state index contributed by atoms with van der Waals surface area (Å²) in [5.41, 5.74) is 2.19. The third kappa shape index (κ3) is 5.09. The van der Waals surface area contributed by atoms with Gasteiger partial charge in [-0.25, -0.2) is 15.0 Å². The number of carbonyl (C=O) groups is 1. The molecular weight excluding hydrogens is 521 g/mol. The number of hydrogen-bond donors (Lipinski definition) is 4. The van der Waals surface area contributed by atoms with Crippen LogP contribution in [0.15, 0.2) is 49.1 Å². The molecule has 1 aliphatic rings. The molecule has 5 rings (SSSR count). The van der Waals surface area contributed by atoms with Crippen LogP contribution in [0.5, 0.6) is 0 Å². The van der Waals surface area contributed by atoms with Crippen molar-refractivity contribution < 1.29 is 19.7 Å². The van der Waals surface area contributed by atoms with Crippen molar-refractivity contribution in [3.05, 3.63) is 64.7 Å².